The molecule has 3 aromatic rings. The molecule has 0 fully saturated rings. The van der Waals surface area contributed by atoms with Gasteiger partial charge in [0.25, 0.3) is 0 Å². The lowest BCUT2D eigenvalue weighted by Gasteiger charge is -1.95. The Balaban J connectivity index is 1.64. The first kappa shape index (κ1) is 15.0. The molecule has 0 saturated carbocycles. The second-order valence-electron chi connectivity index (χ2n) is 4.53. The maximum Gasteiger partial charge on any atom is 0.250 e. The zero-order chi connectivity index (χ0) is 16.1. The molecule has 7 heteroatoms. The number of anilines is 1. The first-order valence-electron chi connectivity index (χ1n) is 6.69. The van der Waals surface area contributed by atoms with Crippen LogP contribution in [-0.2, 0) is 4.79 Å². The molecule has 1 N–H and O–H groups in total. The van der Waals surface area contributed by atoms with E-state index in [4.69, 9.17) is 0 Å². The molecule has 0 aliphatic rings. The molecule has 0 spiro atoms. The molecule has 0 bridgehead atoms. The summed E-state index contributed by atoms with van der Waals surface area (Å²) in [4.78, 5) is 15.9. The summed E-state index contributed by atoms with van der Waals surface area (Å²) in [6.45, 7) is 0. The van der Waals surface area contributed by atoms with Gasteiger partial charge in [-0.05, 0) is 35.9 Å². The fraction of sp³-hybridized carbons (Fsp3) is 0. The molecule has 3 rings (SSSR count). The summed E-state index contributed by atoms with van der Waals surface area (Å²) in [5.74, 6) is -0.647. The van der Waals surface area contributed by atoms with Crippen LogP contribution in [0.25, 0.3) is 16.6 Å². The standard InChI is InChI=1S/C16H11FN4OS/c17-13-6-3-11(4-7-13)5-8-14(22)19-16-21-20-15(23-16)12-2-1-9-18-10-12/h1-10H,(H,19,21,22)/b8-5+. The number of aromatic nitrogens is 3. The quantitative estimate of drug-likeness (QED) is 0.746. The van der Waals surface area contributed by atoms with Crippen LogP contribution in [0.1, 0.15) is 5.56 Å². The van der Waals surface area contributed by atoms with Gasteiger partial charge in [0.2, 0.25) is 11.0 Å². The molecule has 0 aliphatic carbocycles. The maximum absolute atomic E-state index is 12.8. The molecule has 0 atom stereocenters. The van der Waals surface area contributed by atoms with E-state index >= 15 is 0 Å². The average Bonchev–Trinajstić information content (AvgIpc) is 3.04. The van der Waals surface area contributed by atoms with E-state index in [1.54, 1.807) is 36.7 Å². The lowest BCUT2D eigenvalue weighted by molar-refractivity contribution is -0.111. The van der Waals surface area contributed by atoms with Gasteiger partial charge in [-0.1, -0.05) is 23.5 Å². The summed E-state index contributed by atoms with van der Waals surface area (Å²) >= 11 is 1.26. The smallest absolute Gasteiger partial charge is 0.250 e. The van der Waals surface area contributed by atoms with Crippen LogP contribution in [0.5, 0.6) is 0 Å². The van der Waals surface area contributed by atoms with Gasteiger partial charge in [-0.2, -0.15) is 0 Å². The van der Waals surface area contributed by atoms with E-state index in [1.807, 2.05) is 6.07 Å². The van der Waals surface area contributed by atoms with Crippen LogP contribution >= 0.6 is 11.3 Å². The number of hydrogen-bond donors (Lipinski definition) is 1. The first-order chi connectivity index (χ1) is 11.2. The van der Waals surface area contributed by atoms with Crippen molar-refractivity contribution in [3.8, 4) is 10.6 Å². The number of rotatable bonds is 4. The second kappa shape index (κ2) is 6.89. The van der Waals surface area contributed by atoms with Crippen LogP contribution < -0.4 is 5.32 Å². The number of hydrogen-bond acceptors (Lipinski definition) is 5. The van der Waals surface area contributed by atoms with Crippen LogP contribution in [0.4, 0.5) is 9.52 Å². The maximum atomic E-state index is 12.8. The van der Waals surface area contributed by atoms with Crippen molar-refractivity contribution in [3.05, 3.63) is 66.2 Å². The Morgan fingerprint density at radius 3 is 2.74 bits per heavy atom. The van der Waals surface area contributed by atoms with Crippen LogP contribution in [0.3, 0.4) is 0 Å². The van der Waals surface area contributed by atoms with E-state index in [1.165, 1.54) is 29.5 Å². The molecular weight excluding hydrogens is 315 g/mol. The number of carbonyl (C=O) groups is 1. The van der Waals surface area contributed by atoms with Crippen molar-refractivity contribution in [2.45, 2.75) is 0 Å². The van der Waals surface area contributed by atoms with Crippen molar-refractivity contribution < 1.29 is 9.18 Å². The SMILES string of the molecule is O=C(/C=C/c1ccc(F)cc1)Nc1nnc(-c2cccnc2)s1. The largest absolute Gasteiger partial charge is 0.297 e. The van der Waals surface area contributed by atoms with E-state index < -0.39 is 0 Å². The number of nitrogens with zero attached hydrogens (tertiary/aromatic N) is 3. The van der Waals surface area contributed by atoms with Crippen molar-refractivity contribution in [2.75, 3.05) is 5.32 Å². The Morgan fingerprint density at radius 1 is 1.17 bits per heavy atom. The van der Waals surface area contributed by atoms with Gasteiger partial charge >= 0.3 is 0 Å². The first-order valence-corrected chi connectivity index (χ1v) is 7.51. The minimum atomic E-state index is -0.330. The predicted molar refractivity (Wildman–Crippen MR) is 87.2 cm³/mol. The van der Waals surface area contributed by atoms with Crippen molar-refractivity contribution in [2.24, 2.45) is 0 Å². The molecule has 2 aromatic heterocycles. The van der Waals surface area contributed by atoms with Crippen LogP contribution in [-0.4, -0.2) is 21.1 Å². The molecule has 0 aliphatic heterocycles. The third-order valence-corrected chi connectivity index (χ3v) is 3.75. The van der Waals surface area contributed by atoms with Crippen LogP contribution in [0.15, 0.2) is 54.9 Å². The molecule has 0 radical (unpaired) electrons. The van der Waals surface area contributed by atoms with Crippen molar-refractivity contribution >= 4 is 28.5 Å². The number of halogens is 1. The van der Waals surface area contributed by atoms with Gasteiger partial charge < -0.3 is 0 Å². The molecule has 0 unspecified atom stereocenters. The van der Waals surface area contributed by atoms with Gasteiger partial charge in [0.15, 0.2) is 5.01 Å². The van der Waals surface area contributed by atoms with E-state index in [0.717, 1.165) is 11.1 Å². The summed E-state index contributed by atoms with van der Waals surface area (Å²) in [6.07, 6.45) is 6.31. The topological polar surface area (TPSA) is 67.8 Å². The molecule has 0 saturated heterocycles. The molecule has 1 amide bonds. The van der Waals surface area contributed by atoms with Gasteiger partial charge in [0.1, 0.15) is 5.82 Å². The number of amides is 1. The predicted octanol–water partition coefficient (Wildman–Crippen LogP) is 3.39. The normalized spacial score (nSPS) is 10.8. The third-order valence-electron chi connectivity index (χ3n) is 2.86. The Labute approximate surface area is 135 Å². The fourth-order valence-electron chi connectivity index (χ4n) is 1.77. The van der Waals surface area contributed by atoms with E-state index in [0.29, 0.717) is 10.1 Å². The number of carbonyl (C=O) groups excluding carboxylic acids is 1. The zero-order valence-corrected chi connectivity index (χ0v) is 12.6. The third kappa shape index (κ3) is 4.04. The summed E-state index contributed by atoms with van der Waals surface area (Å²) in [5.41, 5.74) is 1.57. The molecule has 23 heavy (non-hydrogen) atoms. The Kier molecular flexibility index (Phi) is 4.49. The number of pyridine rings is 1. The van der Waals surface area contributed by atoms with Crippen LogP contribution in [0, 0.1) is 5.82 Å². The summed E-state index contributed by atoms with van der Waals surface area (Å²) in [5, 5.41) is 11.7. The highest BCUT2D eigenvalue weighted by atomic mass is 32.1. The molecule has 1 aromatic carbocycles. The van der Waals surface area contributed by atoms with Crippen molar-refractivity contribution in [1.82, 2.24) is 15.2 Å². The minimum Gasteiger partial charge on any atom is -0.297 e. The average molecular weight is 326 g/mol. The lowest BCUT2D eigenvalue weighted by Crippen LogP contribution is -2.07. The van der Waals surface area contributed by atoms with Crippen molar-refractivity contribution in [1.29, 1.82) is 0 Å². The summed E-state index contributed by atoms with van der Waals surface area (Å²) in [7, 11) is 0. The highest BCUT2D eigenvalue weighted by Gasteiger charge is 2.08. The summed E-state index contributed by atoms with van der Waals surface area (Å²) in [6, 6.07) is 9.52. The molecular formula is C16H11FN4OS. The number of benzene rings is 1. The van der Waals surface area contributed by atoms with E-state index in [2.05, 4.69) is 20.5 Å². The second-order valence-corrected chi connectivity index (χ2v) is 5.51. The Morgan fingerprint density at radius 2 is 2.00 bits per heavy atom. The highest BCUT2D eigenvalue weighted by molar-refractivity contribution is 7.18. The Hall–Kier alpha value is -2.93. The Bertz CT molecular complexity index is 831. The van der Waals surface area contributed by atoms with Gasteiger partial charge in [-0.25, -0.2) is 4.39 Å². The molecule has 5 nitrogen and oxygen atoms in total. The minimum absolute atomic E-state index is 0.316. The van der Waals surface area contributed by atoms with Crippen LogP contribution in [0.2, 0.25) is 0 Å². The number of nitrogens with one attached hydrogen (secondary N) is 1. The zero-order valence-electron chi connectivity index (χ0n) is 11.8. The highest BCUT2D eigenvalue weighted by Crippen LogP contribution is 2.25. The fourth-order valence-corrected chi connectivity index (χ4v) is 2.51. The lowest BCUT2D eigenvalue weighted by atomic mass is 10.2. The van der Waals surface area contributed by atoms with Gasteiger partial charge in [-0.3, -0.25) is 15.1 Å². The van der Waals surface area contributed by atoms with Gasteiger partial charge in [0, 0.05) is 24.0 Å². The molecule has 114 valence electrons. The van der Waals surface area contributed by atoms with E-state index in [9.17, 15) is 9.18 Å². The van der Waals surface area contributed by atoms with Crippen molar-refractivity contribution in [3.63, 3.8) is 0 Å². The summed E-state index contributed by atoms with van der Waals surface area (Å²) < 4.78 is 12.8. The van der Waals surface area contributed by atoms with E-state index in [-0.39, 0.29) is 11.7 Å². The van der Waals surface area contributed by atoms with Gasteiger partial charge in [-0.15, -0.1) is 10.2 Å². The van der Waals surface area contributed by atoms with Gasteiger partial charge in [0.05, 0.1) is 0 Å². The molecule has 2 heterocycles. The monoisotopic (exact) mass is 326 g/mol.